The summed E-state index contributed by atoms with van der Waals surface area (Å²) in [7, 11) is 0. The van der Waals surface area contributed by atoms with E-state index in [0.717, 1.165) is 44.8 Å². The average Bonchev–Trinajstić information content (AvgIpc) is 2.48. The zero-order chi connectivity index (χ0) is 14.5. The number of nitro benzene ring substituents is 1. The van der Waals surface area contributed by atoms with Crippen LogP contribution in [0.2, 0.25) is 0 Å². The Morgan fingerprint density at radius 2 is 1.95 bits per heavy atom. The summed E-state index contributed by atoms with van der Waals surface area (Å²) in [4.78, 5) is 15.3. The fourth-order valence-electron chi connectivity index (χ4n) is 2.47. The third-order valence-electron chi connectivity index (χ3n) is 3.73. The van der Waals surface area contributed by atoms with Crippen molar-refractivity contribution in [1.29, 1.82) is 0 Å². The van der Waals surface area contributed by atoms with Gasteiger partial charge < -0.3 is 10.3 Å². The van der Waals surface area contributed by atoms with Crippen molar-refractivity contribution in [3.8, 4) is 0 Å². The second-order valence-electron chi connectivity index (χ2n) is 4.96. The molecule has 1 fully saturated rings. The van der Waals surface area contributed by atoms with Crippen LogP contribution >= 0.6 is 0 Å². The first-order chi connectivity index (χ1) is 9.63. The first kappa shape index (κ1) is 14.7. The van der Waals surface area contributed by atoms with Crippen molar-refractivity contribution >= 4 is 11.4 Å². The molecule has 1 aliphatic rings. The molecule has 7 heteroatoms. The topological polar surface area (TPSA) is 87.7 Å². The summed E-state index contributed by atoms with van der Waals surface area (Å²) in [5, 5.41) is 11.0. The summed E-state index contributed by atoms with van der Waals surface area (Å²) in [6, 6.07) is 5.14. The number of rotatable bonds is 5. The monoisotopic (exact) mass is 279 g/mol. The largest absolute Gasteiger partial charge is 0.318 e. The summed E-state index contributed by atoms with van der Waals surface area (Å²) in [6.07, 6.45) is 0. The van der Waals surface area contributed by atoms with E-state index in [9.17, 15) is 10.1 Å². The Hall–Kier alpha value is -1.70. The Kier molecular flexibility index (Phi) is 4.89. The average molecular weight is 279 g/mol. The molecule has 0 bridgehead atoms. The van der Waals surface area contributed by atoms with Crippen LogP contribution in [-0.4, -0.2) is 47.4 Å². The molecule has 7 nitrogen and oxygen atoms in total. The van der Waals surface area contributed by atoms with Crippen LogP contribution in [0.15, 0.2) is 18.2 Å². The van der Waals surface area contributed by atoms with Crippen molar-refractivity contribution in [3.63, 3.8) is 0 Å². The van der Waals surface area contributed by atoms with E-state index < -0.39 is 4.92 Å². The molecule has 1 aliphatic heterocycles. The van der Waals surface area contributed by atoms with Gasteiger partial charge in [-0.3, -0.25) is 20.9 Å². The smallest absolute Gasteiger partial charge is 0.293 e. The molecule has 0 aromatic heterocycles. The quantitative estimate of drug-likeness (QED) is 0.475. The highest BCUT2D eigenvalue weighted by Crippen LogP contribution is 2.25. The van der Waals surface area contributed by atoms with Gasteiger partial charge in [0.15, 0.2) is 0 Å². The molecule has 0 spiro atoms. The second-order valence-corrected chi connectivity index (χ2v) is 4.96. The molecule has 1 aromatic carbocycles. The maximum Gasteiger partial charge on any atom is 0.293 e. The van der Waals surface area contributed by atoms with Gasteiger partial charge in [0.25, 0.3) is 5.69 Å². The maximum atomic E-state index is 11.0. The van der Waals surface area contributed by atoms with Gasteiger partial charge in [0.1, 0.15) is 5.69 Å². The molecule has 1 saturated heterocycles. The van der Waals surface area contributed by atoms with Gasteiger partial charge in [0.2, 0.25) is 0 Å². The molecule has 0 saturated carbocycles. The number of likely N-dealkylation sites (N-methyl/N-ethyl adjacent to an activating group) is 1. The minimum atomic E-state index is -0.409. The lowest BCUT2D eigenvalue weighted by Gasteiger charge is -2.34. The number of nitrogens with zero attached hydrogens (tertiary/aromatic N) is 3. The zero-order valence-electron chi connectivity index (χ0n) is 11.7. The first-order valence-electron chi connectivity index (χ1n) is 6.82. The fourth-order valence-corrected chi connectivity index (χ4v) is 2.47. The van der Waals surface area contributed by atoms with E-state index >= 15 is 0 Å². The molecule has 0 unspecified atom stereocenters. The predicted octanol–water partition coefficient (Wildman–Crippen LogP) is 1.02. The van der Waals surface area contributed by atoms with Crippen LogP contribution in [0.3, 0.4) is 0 Å². The van der Waals surface area contributed by atoms with Gasteiger partial charge in [-0.05, 0) is 18.2 Å². The van der Waals surface area contributed by atoms with Crippen LogP contribution in [0.1, 0.15) is 12.5 Å². The van der Waals surface area contributed by atoms with E-state index in [1.165, 1.54) is 0 Å². The fraction of sp³-hybridized carbons (Fsp3) is 0.538. The highest BCUT2D eigenvalue weighted by Gasteiger charge is 2.18. The van der Waals surface area contributed by atoms with Crippen molar-refractivity contribution in [2.24, 2.45) is 5.84 Å². The van der Waals surface area contributed by atoms with Gasteiger partial charge in [-0.25, -0.2) is 0 Å². The van der Waals surface area contributed by atoms with Crippen LogP contribution in [0.4, 0.5) is 11.4 Å². The van der Waals surface area contributed by atoms with E-state index in [1.54, 1.807) is 12.1 Å². The minimum absolute atomic E-state index is 0.0252. The molecule has 0 atom stereocenters. The molecular weight excluding hydrogens is 258 g/mol. The molecule has 3 N–H and O–H groups in total. The van der Waals surface area contributed by atoms with Crippen molar-refractivity contribution in [2.45, 2.75) is 13.5 Å². The minimum Gasteiger partial charge on any atom is -0.318 e. The van der Waals surface area contributed by atoms with Gasteiger partial charge in [-0.2, -0.15) is 0 Å². The van der Waals surface area contributed by atoms with Gasteiger partial charge in [-0.1, -0.05) is 13.0 Å². The molecule has 2 rings (SSSR count). The van der Waals surface area contributed by atoms with Gasteiger partial charge in [0.05, 0.1) is 4.92 Å². The van der Waals surface area contributed by atoms with Crippen molar-refractivity contribution in [2.75, 3.05) is 38.1 Å². The highest BCUT2D eigenvalue weighted by atomic mass is 16.6. The van der Waals surface area contributed by atoms with Crippen molar-refractivity contribution < 1.29 is 4.92 Å². The Balaban J connectivity index is 2.03. The Bertz CT molecular complexity index is 472. The van der Waals surface area contributed by atoms with E-state index in [0.29, 0.717) is 5.69 Å². The number of hydrogen-bond donors (Lipinski definition) is 2. The van der Waals surface area contributed by atoms with E-state index in [1.807, 2.05) is 6.07 Å². The number of benzene rings is 1. The lowest BCUT2D eigenvalue weighted by atomic mass is 10.1. The summed E-state index contributed by atoms with van der Waals surface area (Å²) in [5.74, 6) is 5.28. The van der Waals surface area contributed by atoms with E-state index in [2.05, 4.69) is 22.1 Å². The van der Waals surface area contributed by atoms with Crippen LogP contribution in [-0.2, 0) is 6.54 Å². The Labute approximate surface area is 118 Å². The molecule has 0 aliphatic carbocycles. The van der Waals surface area contributed by atoms with Gasteiger partial charge in [-0.15, -0.1) is 0 Å². The highest BCUT2D eigenvalue weighted by molar-refractivity contribution is 5.61. The normalized spacial score (nSPS) is 17.1. The number of anilines is 1. The number of hydrogen-bond acceptors (Lipinski definition) is 6. The van der Waals surface area contributed by atoms with Crippen LogP contribution < -0.4 is 11.3 Å². The van der Waals surface area contributed by atoms with E-state index in [-0.39, 0.29) is 5.69 Å². The second kappa shape index (κ2) is 6.65. The number of nitrogens with one attached hydrogen (secondary N) is 1. The Morgan fingerprint density at radius 3 is 2.50 bits per heavy atom. The van der Waals surface area contributed by atoms with E-state index in [4.69, 9.17) is 5.84 Å². The van der Waals surface area contributed by atoms with Crippen LogP contribution in [0.25, 0.3) is 0 Å². The van der Waals surface area contributed by atoms with Gasteiger partial charge in [0, 0.05) is 38.8 Å². The lowest BCUT2D eigenvalue weighted by molar-refractivity contribution is -0.384. The third kappa shape index (κ3) is 3.44. The molecular formula is C13H21N5O2. The summed E-state index contributed by atoms with van der Waals surface area (Å²) in [5.41, 5.74) is 3.67. The SMILES string of the molecule is CCN1CCN(Cc2ccc(NN)c([N+](=O)[O-])c2)CC1. The zero-order valence-corrected chi connectivity index (χ0v) is 11.7. The summed E-state index contributed by atoms with van der Waals surface area (Å²) < 4.78 is 0. The number of piperazine rings is 1. The van der Waals surface area contributed by atoms with Crippen LogP contribution in [0.5, 0.6) is 0 Å². The summed E-state index contributed by atoms with van der Waals surface area (Å²) >= 11 is 0. The van der Waals surface area contributed by atoms with Gasteiger partial charge >= 0.3 is 0 Å². The molecule has 1 aromatic rings. The number of nitrogens with two attached hydrogens (primary N) is 1. The Morgan fingerprint density at radius 1 is 1.30 bits per heavy atom. The standard InChI is InChI=1S/C13H21N5O2/c1-2-16-5-7-17(8-6-16)10-11-3-4-12(15-14)13(9-11)18(19)20/h3-4,9,15H,2,5-8,10,14H2,1H3. The number of nitrogen functional groups attached to an aromatic ring is 1. The third-order valence-corrected chi connectivity index (χ3v) is 3.73. The lowest BCUT2D eigenvalue weighted by Crippen LogP contribution is -2.45. The molecule has 110 valence electrons. The van der Waals surface area contributed by atoms with Crippen molar-refractivity contribution in [1.82, 2.24) is 9.80 Å². The van der Waals surface area contributed by atoms with Crippen LogP contribution in [0, 0.1) is 10.1 Å². The molecule has 20 heavy (non-hydrogen) atoms. The summed E-state index contributed by atoms with van der Waals surface area (Å²) in [6.45, 7) is 8.09. The molecule has 1 heterocycles. The molecule has 0 amide bonds. The first-order valence-corrected chi connectivity index (χ1v) is 6.82. The maximum absolute atomic E-state index is 11.0. The number of hydrazine groups is 1. The van der Waals surface area contributed by atoms with Crippen molar-refractivity contribution in [3.05, 3.63) is 33.9 Å². The number of nitro groups is 1. The molecule has 0 radical (unpaired) electrons. The predicted molar refractivity (Wildman–Crippen MR) is 78.3 cm³/mol.